The summed E-state index contributed by atoms with van der Waals surface area (Å²) >= 11 is 0. The van der Waals surface area contributed by atoms with E-state index in [1.54, 1.807) is 12.2 Å². The lowest BCUT2D eigenvalue weighted by atomic mass is 9.78. The van der Waals surface area contributed by atoms with Crippen molar-refractivity contribution in [3.8, 4) is 0 Å². The lowest BCUT2D eigenvalue weighted by Crippen LogP contribution is -2.33. The van der Waals surface area contributed by atoms with Crippen LogP contribution in [0.3, 0.4) is 0 Å². The zero-order valence-electron chi connectivity index (χ0n) is 8.41. The molecule has 0 saturated carbocycles. The van der Waals surface area contributed by atoms with E-state index in [9.17, 15) is 18.7 Å². The molecule has 0 heterocycles. The lowest BCUT2D eigenvalue weighted by molar-refractivity contribution is -0.143. The van der Waals surface area contributed by atoms with Crippen LogP contribution in [-0.4, -0.2) is 11.1 Å². The lowest BCUT2D eigenvalue weighted by Gasteiger charge is -2.24. The molecule has 2 rings (SSSR count). The normalized spacial score (nSPS) is 17.6. The molecule has 0 spiro atoms. The van der Waals surface area contributed by atoms with Gasteiger partial charge in [-0.15, -0.1) is 0 Å². The Morgan fingerprint density at radius 2 is 1.62 bits per heavy atom. The number of carbonyl (C=O) groups is 1. The van der Waals surface area contributed by atoms with E-state index in [2.05, 4.69) is 0 Å². The molecule has 0 saturated heterocycles. The number of halogens is 2. The van der Waals surface area contributed by atoms with Gasteiger partial charge in [-0.05, 0) is 30.5 Å². The number of rotatable bonds is 2. The summed E-state index contributed by atoms with van der Waals surface area (Å²) in [5, 5.41) is 9.21. The molecule has 0 bridgehead atoms. The average molecular weight is 224 g/mol. The van der Waals surface area contributed by atoms with Gasteiger partial charge in [0.05, 0.1) is 5.41 Å². The second kappa shape index (κ2) is 3.70. The number of benzene rings is 1. The number of allylic oxidation sites excluding steroid dienone is 2. The Kier molecular flexibility index (Phi) is 2.50. The third-order valence-electron chi connectivity index (χ3n) is 2.92. The molecule has 84 valence electrons. The Balaban J connectivity index is 2.52. The summed E-state index contributed by atoms with van der Waals surface area (Å²) < 4.78 is 26.1. The molecule has 2 nitrogen and oxygen atoms in total. The van der Waals surface area contributed by atoms with Crippen LogP contribution in [-0.2, 0) is 10.2 Å². The summed E-state index contributed by atoms with van der Waals surface area (Å²) in [7, 11) is 0. The van der Waals surface area contributed by atoms with Gasteiger partial charge in [0.15, 0.2) is 0 Å². The fraction of sp³-hybridized carbons (Fsp3) is 0.250. The largest absolute Gasteiger partial charge is 0.481 e. The van der Waals surface area contributed by atoms with Gasteiger partial charge in [-0.2, -0.15) is 0 Å². The molecule has 1 N–H and O–H groups in total. The van der Waals surface area contributed by atoms with Crippen molar-refractivity contribution in [2.24, 2.45) is 0 Å². The average Bonchev–Trinajstić information content (AvgIpc) is 2.65. The minimum atomic E-state index is -1.21. The number of hydrogen-bond donors (Lipinski definition) is 1. The zero-order chi connectivity index (χ0) is 11.8. The molecule has 1 aliphatic carbocycles. The van der Waals surface area contributed by atoms with Crippen molar-refractivity contribution in [2.75, 3.05) is 0 Å². The van der Waals surface area contributed by atoms with Crippen LogP contribution in [0.1, 0.15) is 18.4 Å². The molecule has 0 fully saturated rings. The zero-order valence-corrected chi connectivity index (χ0v) is 8.41. The summed E-state index contributed by atoms with van der Waals surface area (Å²) in [6.07, 6.45) is 3.98. The fourth-order valence-corrected chi connectivity index (χ4v) is 2.02. The first-order chi connectivity index (χ1) is 7.54. The van der Waals surface area contributed by atoms with Crippen molar-refractivity contribution in [1.82, 2.24) is 0 Å². The molecule has 4 heteroatoms. The van der Waals surface area contributed by atoms with Crippen molar-refractivity contribution in [3.05, 3.63) is 47.5 Å². The summed E-state index contributed by atoms with van der Waals surface area (Å²) in [6.45, 7) is 0. The van der Waals surface area contributed by atoms with Crippen molar-refractivity contribution in [3.63, 3.8) is 0 Å². The minimum Gasteiger partial charge on any atom is -0.481 e. The number of aliphatic carboxylic acids is 1. The first kappa shape index (κ1) is 10.8. The van der Waals surface area contributed by atoms with Crippen LogP contribution in [0, 0.1) is 11.6 Å². The van der Waals surface area contributed by atoms with E-state index in [0.717, 1.165) is 18.2 Å². The van der Waals surface area contributed by atoms with Crippen LogP contribution in [0.2, 0.25) is 0 Å². The molecular formula is C12H10F2O2. The van der Waals surface area contributed by atoms with Crippen LogP contribution in [0.25, 0.3) is 0 Å². The second-order valence-corrected chi connectivity index (χ2v) is 3.93. The van der Waals surface area contributed by atoms with Crippen LogP contribution < -0.4 is 0 Å². The number of hydrogen-bond acceptors (Lipinski definition) is 1. The first-order valence-corrected chi connectivity index (χ1v) is 4.89. The molecular weight excluding hydrogens is 214 g/mol. The third-order valence-corrected chi connectivity index (χ3v) is 2.92. The van der Waals surface area contributed by atoms with Gasteiger partial charge in [-0.25, -0.2) is 8.78 Å². The third kappa shape index (κ3) is 1.60. The predicted molar refractivity (Wildman–Crippen MR) is 54.0 cm³/mol. The molecule has 0 aromatic heterocycles. The van der Waals surface area contributed by atoms with E-state index in [1.165, 1.54) is 0 Å². The van der Waals surface area contributed by atoms with Crippen LogP contribution in [0.5, 0.6) is 0 Å². The summed E-state index contributed by atoms with van der Waals surface area (Å²) in [4.78, 5) is 11.3. The van der Waals surface area contributed by atoms with Gasteiger partial charge in [0, 0.05) is 6.07 Å². The molecule has 0 radical (unpaired) electrons. The van der Waals surface area contributed by atoms with E-state index in [4.69, 9.17) is 0 Å². The van der Waals surface area contributed by atoms with Crippen molar-refractivity contribution in [2.45, 2.75) is 18.3 Å². The topological polar surface area (TPSA) is 37.3 Å². The highest BCUT2D eigenvalue weighted by molar-refractivity contribution is 5.82. The molecule has 1 aliphatic rings. The van der Waals surface area contributed by atoms with Crippen molar-refractivity contribution < 1.29 is 18.7 Å². The maximum Gasteiger partial charge on any atom is 0.314 e. The molecule has 1 aromatic rings. The first-order valence-electron chi connectivity index (χ1n) is 4.89. The quantitative estimate of drug-likeness (QED) is 0.784. The van der Waals surface area contributed by atoms with E-state index >= 15 is 0 Å². The highest BCUT2D eigenvalue weighted by Gasteiger charge is 2.41. The molecule has 0 aliphatic heterocycles. The SMILES string of the molecule is O=C(O)C1(c2cc(F)cc(F)c2)CC=CC1. The Morgan fingerprint density at radius 3 is 2.06 bits per heavy atom. The van der Waals surface area contributed by atoms with Crippen LogP contribution in [0.4, 0.5) is 8.78 Å². The van der Waals surface area contributed by atoms with Gasteiger partial charge < -0.3 is 5.11 Å². The highest BCUT2D eigenvalue weighted by Crippen LogP contribution is 2.37. The van der Waals surface area contributed by atoms with E-state index < -0.39 is 23.0 Å². The molecule has 0 atom stereocenters. The Bertz CT molecular complexity index is 438. The minimum absolute atomic E-state index is 0.183. The maximum atomic E-state index is 13.1. The van der Waals surface area contributed by atoms with Gasteiger partial charge in [-0.3, -0.25) is 4.79 Å². The van der Waals surface area contributed by atoms with Crippen LogP contribution in [0.15, 0.2) is 30.4 Å². The van der Waals surface area contributed by atoms with Gasteiger partial charge in [0.25, 0.3) is 0 Å². The van der Waals surface area contributed by atoms with E-state index in [-0.39, 0.29) is 18.4 Å². The van der Waals surface area contributed by atoms with Gasteiger partial charge in [0.1, 0.15) is 11.6 Å². The second-order valence-electron chi connectivity index (χ2n) is 3.93. The van der Waals surface area contributed by atoms with Gasteiger partial charge in [-0.1, -0.05) is 12.2 Å². The molecule has 0 unspecified atom stereocenters. The van der Waals surface area contributed by atoms with Gasteiger partial charge in [0.2, 0.25) is 0 Å². The van der Waals surface area contributed by atoms with Gasteiger partial charge >= 0.3 is 5.97 Å². The van der Waals surface area contributed by atoms with E-state index in [0.29, 0.717) is 0 Å². The smallest absolute Gasteiger partial charge is 0.314 e. The Morgan fingerprint density at radius 1 is 1.12 bits per heavy atom. The summed E-state index contributed by atoms with van der Waals surface area (Å²) in [6, 6.07) is 2.91. The maximum absolute atomic E-state index is 13.1. The molecule has 0 amide bonds. The highest BCUT2D eigenvalue weighted by atomic mass is 19.1. The summed E-state index contributed by atoms with van der Waals surface area (Å²) in [5.74, 6) is -2.55. The predicted octanol–water partition coefficient (Wildman–Crippen LogP) is 2.64. The Hall–Kier alpha value is -1.71. The van der Waals surface area contributed by atoms with Crippen molar-refractivity contribution in [1.29, 1.82) is 0 Å². The monoisotopic (exact) mass is 224 g/mol. The van der Waals surface area contributed by atoms with Crippen molar-refractivity contribution >= 4 is 5.97 Å². The molecule has 1 aromatic carbocycles. The van der Waals surface area contributed by atoms with E-state index in [1.807, 2.05) is 0 Å². The Labute approximate surface area is 91.2 Å². The standard InChI is InChI=1S/C12H10F2O2/c13-9-5-8(6-10(14)7-9)12(11(15)16)3-1-2-4-12/h1-2,5-7H,3-4H2,(H,15,16). The molecule has 16 heavy (non-hydrogen) atoms. The number of carboxylic acid groups (broad SMARTS) is 1. The van der Waals surface area contributed by atoms with Crippen LogP contribution >= 0.6 is 0 Å². The number of carboxylic acids is 1. The fourth-order valence-electron chi connectivity index (χ4n) is 2.02. The summed E-state index contributed by atoms with van der Waals surface area (Å²) in [5.41, 5.74) is -1.02.